The predicted octanol–water partition coefficient (Wildman–Crippen LogP) is 3.34. The van der Waals surface area contributed by atoms with Crippen molar-refractivity contribution in [1.29, 1.82) is 0 Å². The fourth-order valence-corrected chi connectivity index (χ4v) is 1.43. The van der Waals surface area contributed by atoms with Crippen LogP contribution in [-0.4, -0.2) is 17.1 Å². The van der Waals surface area contributed by atoms with Gasteiger partial charge in [0.05, 0.1) is 6.10 Å². The van der Waals surface area contributed by atoms with Crippen LogP contribution in [0.5, 0.6) is 0 Å². The number of alkyl halides is 1. The second-order valence-corrected chi connectivity index (χ2v) is 3.83. The number of aliphatic hydroxyl groups is 1. The summed E-state index contributed by atoms with van der Waals surface area (Å²) in [6.45, 7) is 1.85. The van der Waals surface area contributed by atoms with Gasteiger partial charge in [-0.05, 0) is 19.8 Å². The second kappa shape index (κ2) is 9.34. The van der Waals surface area contributed by atoms with E-state index in [2.05, 4.69) is 0 Å². The Bertz CT molecular complexity index is 83.9. The van der Waals surface area contributed by atoms with E-state index in [1.807, 2.05) is 6.92 Å². The average Bonchev–Trinajstić information content (AvgIpc) is 2.02. The fraction of sp³-hybridized carbons (Fsp3) is 1.00. The van der Waals surface area contributed by atoms with Gasteiger partial charge in [-0.15, -0.1) is 11.6 Å². The highest BCUT2D eigenvalue weighted by Gasteiger charge is 1.95. The van der Waals surface area contributed by atoms with Crippen molar-refractivity contribution >= 4 is 11.6 Å². The first-order valence-corrected chi connectivity index (χ1v) is 5.55. The van der Waals surface area contributed by atoms with Crippen molar-refractivity contribution in [2.24, 2.45) is 0 Å². The van der Waals surface area contributed by atoms with Crippen LogP contribution in [0.4, 0.5) is 0 Å². The van der Waals surface area contributed by atoms with E-state index in [9.17, 15) is 0 Å². The molecule has 0 aliphatic heterocycles. The van der Waals surface area contributed by atoms with Gasteiger partial charge in [0.1, 0.15) is 0 Å². The van der Waals surface area contributed by atoms with E-state index in [4.69, 9.17) is 16.7 Å². The Balaban J connectivity index is 2.82. The van der Waals surface area contributed by atoms with Gasteiger partial charge in [-0.1, -0.05) is 32.1 Å². The van der Waals surface area contributed by atoms with Gasteiger partial charge in [0.25, 0.3) is 0 Å². The number of hydrogen-bond acceptors (Lipinski definition) is 1. The summed E-state index contributed by atoms with van der Waals surface area (Å²) >= 11 is 5.55. The van der Waals surface area contributed by atoms with E-state index in [-0.39, 0.29) is 6.10 Å². The number of halogens is 1. The highest BCUT2D eigenvalue weighted by molar-refractivity contribution is 6.17. The van der Waals surface area contributed by atoms with Gasteiger partial charge >= 0.3 is 0 Å². The van der Waals surface area contributed by atoms with Crippen LogP contribution in [0.15, 0.2) is 0 Å². The van der Waals surface area contributed by atoms with Crippen LogP contribution >= 0.6 is 11.6 Å². The third kappa shape index (κ3) is 10.2. The van der Waals surface area contributed by atoms with Crippen molar-refractivity contribution in [3.8, 4) is 0 Å². The summed E-state index contributed by atoms with van der Waals surface area (Å²) in [6, 6.07) is 0. The molecule has 0 bridgehead atoms. The molecule has 0 spiro atoms. The minimum atomic E-state index is -0.118. The van der Waals surface area contributed by atoms with Crippen LogP contribution in [0.3, 0.4) is 0 Å². The highest BCUT2D eigenvalue weighted by Crippen LogP contribution is 2.08. The summed E-state index contributed by atoms with van der Waals surface area (Å²) in [5.41, 5.74) is 0. The van der Waals surface area contributed by atoms with Crippen LogP contribution in [0.25, 0.3) is 0 Å². The number of hydrogen-bond donors (Lipinski definition) is 1. The number of unbranched alkanes of at least 4 members (excludes halogenated alkanes) is 5. The van der Waals surface area contributed by atoms with Gasteiger partial charge in [-0.25, -0.2) is 0 Å². The lowest BCUT2D eigenvalue weighted by Gasteiger charge is -2.03. The molecule has 2 heteroatoms. The molecule has 0 aliphatic rings. The van der Waals surface area contributed by atoms with Crippen molar-refractivity contribution in [2.45, 2.75) is 58.0 Å². The van der Waals surface area contributed by atoms with E-state index in [1.54, 1.807) is 0 Å². The Morgan fingerprint density at radius 3 is 2.00 bits per heavy atom. The van der Waals surface area contributed by atoms with Crippen molar-refractivity contribution in [2.75, 3.05) is 5.88 Å². The zero-order valence-corrected chi connectivity index (χ0v) is 8.82. The van der Waals surface area contributed by atoms with Crippen molar-refractivity contribution < 1.29 is 5.11 Å². The first-order valence-electron chi connectivity index (χ1n) is 5.01. The van der Waals surface area contributed by atoms with Crippen molar-refractivity contribution in [3.05, 3.63) is 0 Å². The lowest BCUT2D eigenvalue weighted by Crippen LogP contribution is -1.98. The molecule has 1 N–H and O–H groups in total. The Kier molecular flexibility index (Phi) is 9.53. The summed E-state index contributed by atoms with van der Waals surface area (Å²) in [4.78, 5) is 0. The molecule has 12 heavy (non-hydrogen) atoms. The zero-order valence-electron chi connectivity index (χ0n) is 8.06. The van der Waals surface area contributed by atoms with Crippen LogP contribution in [0, 0.1) is 0 Å². The van der Waals surface area contributed by atoms with Gasteiger partial charge in [-0.2, -0.15) is 0 Å². The molecular formula is C10H21ClO. The molecule has 0 unspecified atom stereocenters. The average molecular weight is 193 g/mol. The maximum Gasteiger partial charge on any atom is 0.0512 e. The molecule has 1 atom stereocenters. The molecular weight excluding hydrogens is 172 g/mol. The minimum Gasteiger partial charge on any atom is -0.393 e. The smallest absolute Gasteiger partial charge is 0.0512 e. The largest absolute Gasteiger partial charge is 0.393 e. The Hall–Kier alpha value is 0.250. The summed E-state index contributed by atoms with van der Waals surface area (Å²) in [5.74, 6) is 0.799. The van der Waals surface area contributed by atoms with Crippen LogP contribution in [-0.2, 0) is 0 Å². The van der Waals surface area contributed by atoms with E-state index in [0.29, 0.717) is 0 Å². The third-order valence-corrected chi connectivity index (χ3v) is 2.27. The van der Waals surface area contributed by atoms with Gasteiger partial charge < -0.3 is 5.11 Å². The van der Waals surface area contributed by atoms with Crippen LogP contribution in [0.1, 0.15) is 51.9 Å². The normalized spacial score (nSPS) is 13.2. The summed E-state index contributed by atoms with van der Waals surface area (Å²) in [5, 5.41) is 8.98. The van der Waals surface area contributed by atoms with E-state index < -0.39 is 0 Å². The quantitative estimate of drug-likeness (QED) is 0.462. The molecule has 0 heterocycles. The molecule has 0 aromatic heterocycles. The van der Waals surface area contributed by atoms with Crippen molar-refractivity contribution in [3.63, 3.8) is 0 Å². The topological polar surface area (TPSA) is 20.2 Å². The molecule has 1 nitrogen and oxygen atoms in total. The molecule has 0 saturated heterocycles. The molecule has 0 aliphatic carbocycles. The number of aliphatic hydroxyl groups excluding tert-OH is 1. The minimum absolute atomic E-state index is 0.118. The van der Waals surface area contributed by atoms with E-state index >= 15 is 0 Å². The van der Waals surface area contributed by atoms with Gasteiger partial charge in [0.2, 0.25) is 0 Å². The van der Waals surface area contributed by atoms with Gasteiger partial charge in [0, 0.05) is 5.88 Å². The number of rotatable bonds is 8. The first-order chi connectivity index (χ1) is 5.77. The molecule has 0 aromatic rings. The van der Waals surface area contributed by atoms with E-state index in [1.165, 1.54) is 32.1 Å². The molecule has 0 aromatic carbocycles. The third-order valence-electron chi connectivity index (χ3n) is 2.01. The maximum absolute atomic E-state index is 8.98. The lowest BCUT2D eigenvalue weighted by atomic mass is 10.1. The zero-order chi connectivity index (χ0) is 9.23. The SMILES string of the molecule is C[C@@H](O)CCCCCCCCCl. The van der Waals surface area contributed by atoms with E-state index in [0.717, 1.165) is 18.7 Å². The Morgan fingerprint density at radius 2 is 1.50 bits per heavy atom. The standard InChI is InChI=1S/C10H21ClO/c1-10(12)8-6-4-2-3-5-7-9-11/h10,12H,2-9H2,1H3/t10-/m1/s1. The summed E-state index contributed by atoms with van der Waals surface area (Å²) < 4.78 is 0. The Labute approximate surface area is 81.1 Å². The van der Waals surface area contributed by atoms with Crippen LogP contribution < -0.4 is 0 Å². The highest BCUT2D eigenvalue weighted by atomic mass is 35.5. The molecule has 0 saturated carbocycles. The molecule has 74 valence electrons. The van der Waals surface area contributed by atoms with Gasteiger partial charge in [0.15, 0.2) is 0 Å². The predicted molar refractivity (Wildman–Crippen MR) is 54.7 cm³/mol. The molecule has 0 rings (SSSR count). The second-order valence-electron chi connectivity index (χ2n) is 3.45. The van der Waals surface area contributed by atoms with Crippen molar-refractivity contribution in [1.82, 2.24) is 0 Å². The summed E-state index contributed by atoms with van der Waals surface area (Å²) in [7, 11) is 0. The monoisotopic (exact) mass is 192 g/mol. The molecule has 0 amide bonds. The first kappa shape index (κ1) is 12.2. The lowest BCUT2D eigenvalue weighted by molar-refractivity contribution is 0.180. The summed E-state index contributed by atoms with van der Waals surface area (Å²) in [6.07, 6.45) is 8.26. The molecule has 0 fully saturated rings. The van der Waals surface area contributed by atoms with Gasteiger partial charge in [-0.3, -0.25) is 0 Å². The maximum atomic E-state index is 8.98. The Morgan fingerprint density at radius 1 is 1.00 bits per heavy atom. The fourth-order valence-electron chi connectivity index (χ4n) is 1.24. The van der Waals surface area contributed by atoms with Crippen LogP contribution in [0.2, 0.25) is 0 Å². The molecule has 0 radical (unpaired) electrons.